The van der Waals surface area contributed by atoms with Crippen LogP contribution >= 0.6 is 0 Å². The van der Waals surface area contributed by atoms with E-state index in [-0.39, 0.29) is 5.91 Å². The quantitative estimate of drug-likeness (QED) is 0.450. The molecule has 5 nitrogen and oxygen atoms in total. The Kier molecular flexibility index (Phi) is 5.85. The second-order valence-corrected chi connectivity index (χ2v) is 7.36. The van der Waals surface area contributed by atoms with Crippen molar-refractivity contribution in [2.75, 3.05) is 12.0 Å². The van der Waals surface area contributed by atoms with E-state index >= 15 is 0 Å². The third-order valence-electron chi connectivity index (χ3n) is 5.23. The van der Waals surface area contributed by atoms with Crippen molar-refractivity contribution in [2.45, 2.75) is 19.3 Å². The summed E-state index contributed by atoms with van der Waals surface area (Å²) in [4.78, 5) is 14.3. The highest BCUT2D eigenvalue weighted by molar-refractivity contribution is 5.95. The number of alkyl halides is 3. The predicted octanol–water partition coefficient (Wildman–Crippen LogP) is 5.00. The summed E-state index contributed by atoms with van der Waals surface area (Å²) < 4.78 is 44.2. The number of rotatable bonds is 5. The zero-order chi connectivity index (χ0) is 22.7. The molecule has 0 radical (unpaired) electrons. The third-order valence-corrected chi connectivity index (χ3v) is 5.23. The summed E-state index contributed by atoms with van der Waals surface area (Å²) in [7, 11) is 1.58. The van der Waals surface area contributed by atoms with Crippen molar-refractivity contribution < 1.29 is 22.7 Å². The molecule has 0 saturated heterocycles. The number of benzene rings is 3. The van der Waals surface area contributed by atoms with Crippen molar-refractivity contribution in [2.24, 2.45) is 5.10 Å². The second kappa shape index (κ2) is 8.74. The van der Waals surface area contributed by atoms with Crippen molar-refractivity contribution in [3.63, 3.8) is 0 Å². The summed E-state index contributed by atoms with van der Waals surface area (Å²) in [6.45, 7) is 0.904. The third kappa shape index (κ3) is 4.74. The van der Waals surface area contributed by atoms with Crippen LogP contribution in [-0.2, 0) is 19.3 Å². The van der Waals surface area contributed by atoms with Crippen molar-refractivity contribution in [1.29, 1.82) is 0 Å². The lowest BCUT2D eigenvalue weighted by atomic mass is 10.1. The fourth-order valence-electron chi connectivity index (χ4n) is 3.52. The van der Waals surface area contributed by atoms with Crippen LogP contribution in [0, 0.1) is 0 Å². The molecule has 1 aliphatic rings. The van der Waals surface area contributed by atoms with Gasteiger partial charge < -0.3 is 9.64 Å². The van der Waals surface area contributed by atoms with Crippen LogP contribution < -0.4 is 15.1 Å². The van der Waals surface area contributed by atoms with E-state index in [4.69, 9.17) is 4.74 Å². The van der Waals surface area contributed by atoms with Crippen LogP contribution in [0.1, 0.15) is 32.6 Å². The highest BCUT2D eigenvalue weighted by Gasteiger charge is 2.31. The van der Waals surface area contributed by atoms with Crippen molar-refractivity contribution >= 4 is 17.8 Å². The topological polar surface area (TPSA) is 53.9 Å². The van der Waals surface area contributed by atoms with Crippen LogP contribution in [-0.4, -0.2) is 19.2 Å². The fourth-order valence-corrected chi connectivity index (χ4v) is 3.52. The minimum atomic E-state index is -4.39. The Bertz CT molecular complexity index is 1160. The van der Waals surface area contributed by atoms with E-state index in [2.05, 4.69) is 10.5 Å². The number of methoxy groups -OCH3 is 1. The summed E-state index contributed by atoms with van der Waals surface area (Å²) in [6, 6.07) is 17.7. The van der Waals surface area contributed by atoms with Crippen molar-refractivity contribution in [1.82, 2.24) is 5.43 Å². The molecule has 0 bridgehead atoms. The Morgan fingerprint density at radius 1 is 1.03 bits per heavy atom. The number of amides is 1. The first kappa shape index (κ1) is 21.4. The summed E-state index contributed by atoms with van der Waals surface area (Å²) in [5, 5.41) is 3.98. The number of ether oxygens (including phenoxy) is 1. The van der Waals surface area contributed by atoms with Gasteiger partial charge in [0.25, 0.3) is 5.91 Å². The lowest BCUT2D eigenvalue weighted by Crippen LogP contribution is -2.18. The summed E-state index contributed by atoms with van der Waals surface area (Å²) in [5.74, 6) is 0.360. The van der Waals surface area contributed by atoms with Crippen LogP contribution in [0.5, 0.6) is 5.75 Å². The number of hydrazone groups is 1. The number of nitrogens with zero attached hydrogens (tertiary/aromatic N) is 2. The molecule has 4 rings (SSSR count). The second-order valence-electron chi connectivity index (χ2n) is 7.36. The van der Waals surface area contributed by atoms with E-state index in [0.717, 1.165) is 34.6 Å². The molecule has 0 atom stereocenters. The molecule has 0 spiro atoms. The molecule has 0 aromatic heterocycles. The van der Waals surface area contributed by atoms with Gasteiger partial charge in [0.15, 0.2) is 0 Å². The molecule has 32 heavy (non-hydrogen) atoms. The van der Waals surface area contributed by atoms with Gasteiger partial charge in [-0.05, 0) is 71.3 Å². The Morgan fingerprint density at radius 3 is 2.50 bits per heavy atom. The van der Waals surface area contributed by atoms with Crippen molar-refractivity contribution in [3.8, 4) is 5.75 Å². The Balaban J connectivity index is 1.42. The number of nitrogens with one attached hydrogen (secondary N) is 1. The van der Waals surface area contributed by atoms with E-state index in [1.54, 1.807) is 37.4 Å². The average Bonchev–Trinajstić information content (AvgIpc) is 3.22. The fraction of sp³-hybridized carbons (Fsp3) is 0.167. The molecule has 0 fully saturated rings. The summed E-state index contributed by atoms with van der Waals surface area (Å²) >= 11 is 0. The number of carbonyl (C=O) groups excluding carboxylic acids is 1. The molecule has 1 amide bonds. The van der Waals surface area contributed by atoms with Gasteiger partial charge in [0.1, 0.15) is 5.75 Å². The average molecular weight is 439 g/mol. The number of halogens is 3. The standard InChI is InChI=1S/C24H20F3N3O2/c1-32-22-9-5-16(6-10-22)13-28-29-23(31)17-7-8-18-14-30(15-19(18)11-17)21-4-2-3-20(12-21)24(25,26)27/h2-13H,14-15H2,1H3,(H,29,31)/b28-13+. The highest BCUT2D eigenvalue weighted by Crippen LogP contribution is 2.34. The van der Waals surface area contributed by atoms with Gasteiger partial charge in [-0.1, -0.05) is 12.1 Å². The maximum absolute atomic E-state index is 13.0. The van der Waals surface area contributed by atoms with E-state index in [1.165, 1.54) is 12.3 Å². The number of anilines is 1. The van der Waals surface area contributed by atoms with Gasteiger partial charge in [0, 0.05) is 24.3 Å². The van der Waals surface area contributed by atoms with Gasteiger partial charge in [-0.25, -0.2) is 5.43 Å². The lowest BCUT2D eigenvalue weighted by molar-refractivity contribution is -0.137. The minimum Gasteiger partial charge on any atom is -0.497 e. The molecule has 1 N–H and O–H groups in total. The predicted molar refractivity (Wildman–Crippen MR) is 116 cm³/mol. The van der Waals surface area contributed by atoms with Crippen molar-refractivity contribution in [3.05, 3.63) is 94.5 Å². The van der Waals surface area contributed by atoms with Gasteiger partial charge >= 0.3 is 6.18 Å². The normalized spacial score (nSPS) is 13.3. The first-order valence-corrected chi connectivity index (χ1v) is 9.85. The molecular formula is C24H20F3N3O2. The van der Waals surface area contributed by atoms with Crippen LogP contribution in [0.3, 0.4) is 0 Å². The number of fused-ring (bicyclic) bond motifs is 1. The molecule has 1 heterocycles. The summed E-state index contributed by atoms with van der Waals surface area (Å²) in [5.41, 5.74) is 5.41. The largest absolute Gasteiger partial charge is 0.497 e. The SMILES string of the molecule is COc1ccc(/C=N/NC(=O)c2ccc3c(c2)CN(c2cccc(C(F)(F)F)c2)C3)cc1. The van der Waals surface area contributed by atoms with E-state index in [0.29, 0.717) is 24.3 Å². The Labute approximate surface area is 183 Å². The molecule has 3 aromatic carbocycles. The van der Waals surface area contributed by atoms with Gasteiger partial charge in [0.2, 0.25) is 0 Å². The minimum absolute atomic E-state index is 0.366. The van der Waals surface area contributed by atoms with Gasteiger partial charge in [-0.3, -0.25) is 4.79 Å². The van der Waals surface area contributed by atoms with Crippen LogP contribution in [0.2, 0.25) is 0 Å². The van der Waals surface area contributed by atoms with E-state index in [9.17, 15) is 18.0 Å². The zero-order valence-corrected chi connectivity index (χ0v) is 17.2. The smallest absolute Gasteiger partial charge is 0.416 e. The molecule has 1 aliphatic heterocycles. The molecule has 3 aromatic rings. The van der Waals surface area contributed by atoms with Crippen LogP contribution in [0.15, 0.2) is 71.8 Å². The molecule has 0 saturated carbocycles. The highest BCUT2D eigenvalue weighted by atomic mass is 19.4. The van der Waals surface area contributed by atoms with Gasteiger partial charge in [-0.15, -0.1) is 0 Å². The van der Waals surface area contributed by atoms with Gasteiger partial charge in [-0.2, -0.15) is 18.3 Å². The zero-order valence-electron chi connectivity index (χ0n) is 17.2. The van der Waals surface area contributed by atoms with E-state index < -0.39 is 11.7 Å². The number of hydrogen-bond donors (Lipinski definition) is 1. The first-order valence-electron chi connectivity index (χ1n) is 9.85. The summed E-state index contributed by atoms with van der Waals surface area (Å²) in [6.07, 6.45) is -2.86. The molecule has 164 valence electrons. The number of hydrogen-bond acceptors (Lipinski definition) is 4. The molecule has 0 unspecified atom stereocenters. The monoisotopic (exact) mass is 439 g/mol. The molecule has 8 heteroatoms. The maximum Gasteiger partial charge on any atom is 0.416 e. The molecular weight excluding hydrogens is 419 g/mol. The Morgan fingerprint density at radius 2 is 1.78 bits per heavy atom. The van der Waals surface area contributed by atoms with Crippen LogP contribution in [0.25, 0.3) is 0 Å². The van der Waals surface area contributed by atoms with E-state index in [1.807, 2.05) is 23.1 Å². The Hall–Kier alpha value is -3.81. The first-order chi connectivity index (χ1) is 15.3. The molecule has 0 aliphatic carbocycles. The maximum atomic E-state index is 13.0. The van der Waals surface area contributed by atoms with Gasteiger partial charge in [0.05, 0.1) is 18.9 Å². The lowest BCUT2D eigenvalue weighted by Gasteiger charge is -2.19. The van der Waals surface area contributed by atoms with Crippen LogP contribution in [0.4, 0.5) is 18.9 Å². The number of carbonyl (C=O) groups is 1.